The largest absolute Gasteiger partial charge is 0.310 e. The van der Waals surface area contributed by atoms with Gasteiger partial charge in [-0.05, 0) is 112 Å². The molecule has 278 valence electrons. The van der Waals surface area contributed by atoms with Crippen molar-refractivity contribution in [2.45, 2.75) is 0 Å². The molecule has 0 bridgehead atoms. The van der Waals surface area contributed by atoms with E-state index in [1.165, 1.54) is 43.4 Å². The number of rotatable bonds is 8. The van der Waals surface area contributed by atoms with Crippen molar-refractivity contribution in [2.75, 3.05) is 9.80 Å². The maximum atomic E-state index is 2.45. The van der Waals surface area contributed by atoms with Crippen LogP contribution in [0.2, 0.25) is 0 Å². The zero-order chi connectivity index (χ0) is 39.1. The topological polar surface area (TPSA) is 11.4 Å². The summed E-state index contributed by atoms with van der Waals surface area (Å²) in [6, 6.07) is 85.5. The van der Waals surface area contributed by atoms with Crippen LogP contribution < -0.4 is 9.80 Å². The quantitative estimate of drug-likeness (QED) is 0.153. The maximum absolute atomic E-state index is 2.45. The molecule has 0 spiro atoms. The third kappa shape index (κ3) is 6.08. The predicted octanol–water partition coefficient (Wildman–Crippen LogP) is 15.7. The molecule has 0 saturated carbocycles. The smallest absolute Gasteiger partial charge is 0.0583 e. The Bertz CT molecular complexity index is 3220. The van der Waals surface area contributed by atoms with Crippen LogP contribution in [0.25, 0.3) is 60.2 Å². The predicted molar refractivity (Wildman–Crippen MR) is 251 cm³/mol. The highest BCUT2D eigenvalue weighted by Gasteiger charge is 2.25. The van der Waals surface area contributed by atoms with E-state index in [9.17, 15) is 0 Å². The summed E-state index contributed by atoms with van der Waals surface area (Å²) in [5.74, 6) is 0. The van der Waals surface area contributed by atoms with E-state index in [0.717, 1.165) is 50.8 Å². The third-order valence-electron chi connectivity index (χ3n) is 11.5. The lowest BCUT2D eigenvalue weighted by Gasteiger charge is -2.30. The molecule has 10 aromatic carbocycles. The van der Waals surface area contributed by atoms with E-state index in [2.05, 4.69) is 251 Å². The molecule has 59 heavy (non-hydrogen) atoms. The normalized spacial score (nSPS) is 11.4. The third-order valence-corrected chi connectivity index (χ3v) is 11.5. The van der Waals surface area contributed by atoms with Crippen molar-refractivity contribution in [1.82, 2.24) is 4.57 Å². The summed E-state index contributed by atoms with van der Waals surface area (Å²) in [5.41, 5.74) is 12.3. The minimum Gasteiger partial charge on any atom is -0.310 e. The van der Waals surface area contributed by atoms with E-state index in [4.69, 9.17) is 0 Å². The molecule has 0 unspecified atom stereocenters. The summed E-state index contributed by atoms with van der Waals surface area (Å²) in [5, 5.41) is 7.30. The van der Waals surface area contributed by atoms with Crippen LogP contribution in [0.1, 0.15) is 0 Å². The van der Waals surface area contributed by atoms with Gasteiger partial charge in [-0.25, -0.2) is 0 Å². The summed E-state index contributed by atoms with van der Waals surface area (Å²) >= 11 is 0. The van der Waals surface area contributed by atoms with Gasteiger partial charge in [0.05, 0.1) is 22.4 Å². The molecule has 0 N–H and O–H groups in total. The molecule has 0 atom stereocenters. The van der Waals surface area contributed by atoms with Crippen molar-refractivity contribution in [3.63, 3.8) is 0 Å². The van der Waals surface area contributed by atoms with Crippen LogP contribution in [-0.4, -0.2) is 4.57 Å². The van der Waals surface area contributed by atoms with E-state index in [1.807, 2.05) is 0 Å². The van der Waals surface area contributed by atoms with Crippen LogP contribution in [0.15, 0.2) is 237 Å². The van der Waals surface area contributed by atoms with E-state index in [-0.39, 0.29) is 0 Å². The monoisotopic (exact) mass is 753 g/mol. The Labute approximate surface area is 343 Å². The Morgan fingerprint density at radius 2 is 0.847 bits per heavy atom. The zero-order valence-corrected chi connectivity index (χ0v) is 32.4. The van der Waals surface area contributed by atoms with Gasteiger partial charge in [0.25, 0.3) is 0 Å². The Hall–Kier alpha value is -7.88. The van der Waals surface area contributed by atoms with E-state index in [1.54, 1.807) is 0 Å². The van der Waals surface area contributed by atoms with Crippen molar-refractivity contribution >= 4 is 77.5 Å². The second kappa shape index (κ2) is 14.6. The zero-order valence-electron chi connectivity index (χ0n) is 32.4. The highest BCUT2D eigenvalue weighted by Crippen LogP contribution is 2.48. The maximum Gasteiger partial charge on any atom is 0.0583 e. The highest BCUT2D eigenvalue weighted by molar-refractivity contribution is 6.18. The van der Waals surface area contributed by atoms with Gasteiger partial charge in [0.2, 0.25) is 0 Å². The molecule has 3 nitrogen and oxygen atoms in total. The van der Waals surface area contributed by atoms with Crippen LogP contribution in [0, 0.1) is 0 Å². The molecular weight excluding hydrogens is 715 g/mol. The van der Waals surface area contributed by atoms with Crippen molar-refractivity contribution < 1.29 is 0 Å². The minimum absolute atomic E-state index is 1.05. The van der Waals surface area contributed by atoms with Gasteiger partial charge in [0.15, 0.2) is 0 Å². The fourth-order valence-corrected chi connectivity index (χ4v) is 8.83. The van der Waals surface area contributed by atoms with Gasteiger partial charge >= 0.3 is 0 Å². The molecule has 3 heteroatoms. The van der Waals surface area contributed by atoms with Gasteiger partial charge in [-0.2, -0.15) is 0 Å². The Kier molecular flexibility index (Phi) is 8.49. The summed E-state index contributed by atoms with van der Waals surface area (Å²) in [7, 11) is 0. The molecule has 0 radical (unpaired) electrons. The average Bonchev–Trinajstić information content (AvgIpc) is 3.64. The van der Waals surface area contributed by atoms with E-state index >= 15 is 0 Å². The first-order valence-electron chi connectivity index (χ1n) is 20.2. The van der Waals surface area contributed by atoms with Crippen LogP contribution in [0.4, 0.5) is 34.1 Å². The lowest BCUT2D eigenvalue weighted by Crippen LogP contribution is -2.14. The number of nitrogens with zero attached hydrogens (tertiary/aromatic N) is 3. The van der Waals surface area contributed by atoms with Crippen molar-refractivity contribution in [3.05, 3.63) is 237 Å². The second-order valence-corrected chi connectivity index (χ2v) is 15.0. The van der Waals surface area contributed by atoms with Gasteiger partial charge < -0.3 is 14.4 Å². The van der Waals surface area contributed by atoms with Crippen LogP contribution in [0.5, 0.6) is 0 Å². The number of anilines is 6. The molecule has 1 heterocycles. The standard InChI is InChI=1S/C56H39N3/c1-4-21-44(22-5-1)57(47-34-32-42(33-35-47)51-29-16-20-41-18-12-13-27-50(41)51)49-38-54(58(45-23-6-2-7-24-45)46-25-8-3-9-26-46)56-52-28-14-15-30-53(52)59(55(56)39-49)48-36-31-40-17-10-11-19-43(40)37-48/h1-39H. The number of para-hydroxylation sites is 4. The minimum atomic E-state index is 1.05. The number of fused-ring (bicyclic) bond motifs is 5. The van der Waals surface area contributed by atoms with Gasteiger partial charge in [-0.3, -0.25) is 0 Å². The molecule has 0 fully saturated rings. The van der Waals surface area contributed by atoms with E-state index in [0.29, 0.717) is 0 Å². The molecule has 0 aliphatic carbocycles. The second-order valence-electron chi connectivity index (χ2n) is 15.0. The van der Waals surface area contributed by atoms with Crippen LogP contribution in [-0.2, 0) is 0 Å². The molecular formula is C56H39N3. The first-order chi connectivity index (χ1) is 29.3. The summed E-state index contributed by atoms with van der Waals surface area (Å²) in [6.45, 7) is 0. The fourth-order valence-electron chi connectivity index (χ4n) is 8.83. The fraction of sp³-hybridized carbons (Fsp3) is 0. The number of benzene rings is 10. The Balaban J connectivity index is 1.21. The van der Waals surface area contributed by atoms with E-state index < -0.39 is 0 Å². The molecule has 0 aliphatic heterocycles. The first-order valence-corrected chi connectivity index (χ1v) is 20.2. The van der Waals surface area contributed by atoms with Crippen molar-refractivity contribution in [3.8, 4) is 16.8 Å². The lowest BCUT2D eigenvalue weighted by atomic mass is 9.98. The summed E-state index contributed by atoms with van der Waals surface area (Å²) in [4.78, 5) is 4.81. The van der Waals surface area contributed by atoms with Gasteiger partial charge in [0.1, 0.15) is 0 Å². The highest BCUT2D eigenvalue weighted by atomic mass is 15.2. The molecule has 0 saturated heterocycles. The number of hydrogen-bond acceptors (Lipinski definition) is 2. The molecule has 0 amide bonds. The number of aromatic nitrogens is 1. The molecule has 1 aromatic heterocycles. The average molecular weight is 754 g/mol. The SMILES string of the molecule is c1ccc(N(c2ccc(-c3cccc4ccccc34)cc2)c2cc(N(c3ccccc3)c3ccccc3)c3c4ccccc4n(-c4ccc5ccccc5c4)c3c2)cc1. The van der Waals surface area contributed by atoms with Gasteiger partial charge in [-0.1, -0.05) is 158 Å². The molecule has 0 aliphatic rings. The summed E-state index contributed by atoms with van der Waals surface area (Å²) < 4.78 is 2.45. The van der Waals surface area contributed by atoms with Crippen molar-refractivity contribution in [2.24, 2.45) is 0 Å². The van der Waals surface area contributed by atoms with Gasteiger partial charge in [0, 0.05) is 39.2 Å². The summed E-state index contributed by atoms with van der Waals surface area (Å²) in [6.07, 6.45) is 0. The first kappa shape index (κ1) is 34.4. The number of hydrogen-bond donors (Lipinski definition) is 0. The Morgan fingerprint density at radius 3 is 1.54 bits per heavy atom. The van der Waals surface area contributed by atoms with Gasteiger partial charge in [-0.15, -0.1) is 0 Å². The Morgan fingerprint density at radius 1 is 0.305 bits per heavy atom. The van der Waals surface area contributed by atoms with Crippen molar-refractivity contribution in [1.29, 1.82) is 0 Å². The van der Waals surface area contributed by atoms with Crippen LogP contribution >= 0.6 is 0 Å². The molecule has 11 rings (SSSR count). The van der Waals surface area contributed by atoms with Crippen LogP contribution in [0.3, 0.4) is 0 Å². The molecule has 11 aromatic rings. The lowest BCUT2D eigenvalue weighted by molar-refractivity contribution is 1.18.